The van der Waals surface area contributed by atoms with E-state index in [1.807, 2.05) is 12.1 Å². The van der Waals surface area contributed by atoms with Gasteiger partial charge >= 0.3 is 0 Å². The summed E-state index contributed by atoms with van der Waals surface area (Å²) in [5.74, 6) is 1.07. The first-order chi connectivity index (χ1) is 9.74. The van der Waals surface area contributed by atoms with E-state index < -0.39 is 0 Å². The van der Waals surface area contributed by atoms with Crippen LogP contribution in [0.15, 0.2) is 24.3 Å². The fraction of sp³-hybridized carbons (Fsp3) is 0.588. The van der Waals surface area contributed by atoms with Gasteiger partial charge in [0.1, 0.15) is 11.5 Å². The van der Waals surface area contributed by atoms with Crippen LogP contribution in [0.2, 0.25) is 0 Å². The van der Waals surface area contributed by atoms with Crippen LogP contribution < -0.4 is 0 Å². The van der Waals surface area contributed by atoms with Gasteiger partial charge in [0, 0.05) is 24.9 Å². The number of carbonyl (C=O) groups is 1. The van der Waals surface area contributed by atoms with Crippen LogP contribution in [0.4, 0.5) is 0 Å². The summed E-state index contributed by atoms with van der Waals surface area (Å²) in [6.45, 7) is 1.99. The molecule has 3 heteroatoms. The van der Waals surface area contributed by atoms with E-state index in [1.54, 1.807) is 12.1 Å². The molecule has 2 fully saturated rings. The first-order valence-electron chi connectivity index (χ1n) is 7.79. The zero-order chi connectivity index (χ0) is 13.9. The first kappa shape index (κ1) is 13.6. The SMILES string of the molecule is O=C1CCCCC1C1CCCN1Cc1ccc(O)cc1. The fourth-order valence-corrected chi connectivity index (χ4v) is 3.76. The van der Waals surface area contributed by atoms with Crippen molar-refractivity contribution in [2.45, 2.75) is 51.1 Å². The molecule has 2 atom stereocenters. The van der Waals surface area contributed by atoms with Crippen molar-refractivity contribution >= 4 is 5.78 Å². The molecule has 3 nitrogen and oxygen atoms in total. The molecule has 20 heavy (non-hydrogen) atoms. The van der Waals surface area contributed by atoms with Gasteiger partial charge in [0.25, 0.3) is 0 Å². The Kier molecular flexibility index (Phi) is 4.06. The number of likely N-dealkylation sites (tertiary alicyclic amines) is 1. The molecule has 1 aliphatic carbocycles. The molecular formula is C17H23NO2. The molecule has 3 rings (SSSR count). The molecule has 1 aliphatic heterocycles. The van der Waals surface area contributed by atoms with Crippen LogP contribution in [0.5, 0.6) is 5.75 Å². The third-order valence-electron chi connectivity index (χ3n) is 4.80. The largest absolute Gasteiger partial charge is 0.508 e. The zero-order valence-corrected chi connectivity index (χ0v) is 11.9. The van der Waals surface area contributed by atoms with E-state index in [9.17, 15) is 9.90 Å². The van der Waals surface area contributed by atoms with Gasteiger partial charge in [-0.1, -0.05) is 18.6 Å². The normalized spacial score (nSPS) is 27.9. The van der Waals surface area contributed by atoms with E-state index >= 15 is 0 Å². The van der Waals surface area contributed by atoms with Crippen molar-refractivity contribution in [3.63, 3.8) is 0 Å². The summed E-state index contributed by atoms with van der Waals surface area (Å²) in [4.78, 5) is 14.6. The lowest BCUT2D eigenvalue weighted by Crippen LogP contribution is -2.40. The van der Waals surface area contributed by atoms with E-state index in [1.165, 1.54) is 18.4 Å². The molecule has 0 amide bonds. The maximum absolute atomic E-state index is 12.2. The van der Waals surface area contributed by atoms with Crippen molar-refractivity contribution in [2.24, 2.45) is 5.92 Å². The quantitative estimate of drug-likeness (QED) is 0.920. The Morgan fingerprint density at radius 1 is 1.10 bits per heavy atom. The number of carbonyl (C=O) groups excluding carboxylic acids is 1. The highest BCUT2D eigenvalue weighted by atomic mass is 16.3. The summed E-state index contributed by atoms with van der Waals surface area (Å²) in [6.07, 6.45) is 6.52. The Morgan fingerprint density at radius 2 is 1.90 bits per heavy atom. The Bertz CT molecular complexity index is 468. The van der Waals surface area contributed by atoms with Crippen LogP contribution in [-0.4, -0.2) is 28.4 Å². The van der Waals surface area contributed by atoms with E-state index in [0.717, 1.165) is 38.8 Å². The molecule has 0 aromatic heterocycles. The average Bonchev–Trinajstić information content (AvgIpc) is 2.90. The van der Waals surface area contributed by atoms with Gasteiger partial charge in [-0.15, -0.1) is 0 Å². The van der Waals surface area contributed by atoms with Crippen LogP contribution in [0.1, 0.15) is 44.1 Å². The lowest BCUT2D eigenvalue weighted by atomic mass is 9.82. The Labute approximate surface area is 120 Å². The Balaban J connectivity index is 1.68. The molecule has 0 spiro atoms. The summed E-state index contributed by atoms with van der Waals surface area (Å²) < 4.78 is 0. The van der Waals surface area contributed by atoms with Crippen molar-refractivity contribution in [3.8, 4) is 5.75 Å². The standard InChI is InChI=1S/C17H23NO2/c19-14-9-7-13(8-10-14)12-18-11-3-5-16(18)15-4-1-2-6-17(15)20/h7-10,15-16,19H,1-6,11-12H2. The van der Waals surface area contributed by atoms with E-state index in [2.05, 4.69) is 4.90 Å². The Hall–Kier alpha value is -1.35. The van der Waals surface area contributed by atoms with Gasteiger partial charge in [-0.05, 0) is 49.9 Å². The van der Waals surface area contributed by atoms with Crippen LogP contribution in [-0.2, 0) is 11.3 Å². The second kappa shape index (κ2) is 5.96. The van der Waals surface area contributed by atoms with Gasteiger partial charge < -0.3 is 5.11 Å². The van der Waals surface area contributed by atoms with Crippen molar-refractivity contribution in [1.29, 1.82) is 0 Å². The zero-order valence-electron chi connectivity index (χ0n) is 11.9. The number of rotatable bonds is 3. The maximum Gasteiger partial charge on any atom is 0.137 e. The summed E-state index contributed by atoms with van der Waals surface area (Å²) in [5, 5.41) is 9.35. The molecule has 0 bridgehead atoms. The number of ketones is 1. The first-order valence-corrected chi connectivity index (χ1v) is 7.79. The van der Waals surface area contributed by atoms with Gasteiger partial charge in [0.05, 0.1) is 0 Å². The minimum absolute atomic E-state index is 0.267. The minimum atomic E-state index is 0.267. The molecule has 1 aromatic rings. The predicted octanol–water partition coefficient (Wildman–Crippen LogP) is 3.12. The van der Waals surface area contributed by atoms with Gasteiger partial charge in [0.15, 0.2) is 0 Å². The van der Waals surface area contributed by atoms with E-state index in [4.69, 9.17) is 0 Å². The lowest BCUT2D eigenvalue weighted by Gasteiger charge is -2.33. The highest BCUT2D eigenvalue weighted by molar-refractivity contribution is 5.82. The van der Waals surface area contributed by atoms with Crippen LogP contribution in [0.25, 0.3) is 0 Å². The van der Waals surface area contributed by atoms with Crippen molar-refractivity contribution in [3.05, 3.63) is 29.8 Å². The molecule has 1 N–H and O–H groups in total. The number of benzene rings is 1. The highest BCUT2D eigenvalue weighted by Crippen LogP contribution is 2.33. The molecule has 2 aliphatic rings. The van der Waals surface area contributed by atoms with E-state index in [0.29, 0.717) is 17.6 Å². The molecule has 1 saturated heterocycles. The van der Waals surface area contributed by atoms with Gasteiger partial charge in [0.2, 0.25) is 0 Å². The molecule has 1 saturated carbocycles. The number of aromatic hydroxyl groups is 1. The monoisotopic (exact) mass is 273 g/mol. The summed E-state index contributed by atoms with van der Waals surface area (Å²) in [5.41, 5.74) is 1.22. The molecule has 1 aromatic carbocycles. The van der Waals surface area contributed by atoms with Crippen molar-refractivity contribution in [2.75, 3.05) is 6.54 Å². The summed E-state index contributed by atoms with van der Waals surface area (Å²) in [7, 11) is 0. The highest BCUT2D eigenvalue weighted by Gasteiger charge is 2.36. The maximum atomic E-state index is 12.2. The van der Waals surface area contributed by atoms with Gasteiger partial charge in [-0.2, -0.15) is 0 Å². The summed E-state index contributed by atoms with van der Waals surface area (Å²) >= 11 is 0. The molecule has 2 unspecified atom stereocenters. The number of Topliss-reactive ketones (excluding diaryl/α,β-unsaturated/α-hetero) is 1. The number of hydrogen-bond acceptors (Lipinski definition) is 3. The number of phenols is 1. The third kappa shape index (κ3) is 2.88. The molecule has 108 valence electrons. The summed E-state index contributed by atoms with van der Waals surface area (Å²) in [6, 6.07) is 7.88. The lowest BCUT2D eigenvalue weighted by molar-refractivity contribution is -0.126. The topological polar surface area (TPSA) is 40.5 Å². The molecule has 1 heterocycles. The molecule has 0 radical (unpaired) electrons. The van der Waals surface area contributed by atoms with Crippen LogP contribution >= 0.6 is 0 Å². The minimum Gasteiger partial charge on any atom is -0.508 e. The second-order valence-electron chi connectivity index (χ2n) is 6.17. The number of hydrogen-bond donors (Lipinski definition) is 1. The van der Waals surface area contributed by atoms with E-state index in [-0.39, 0.29) is 5.92 Å². The molecular weight excluding hydrogens is 250 g/mol. The van der Waals surface area contributed by atoms with Gasteiger partial charge in [-0.3, -0.25) is 9.69 Å². The number of phenolic OH excluding ortho intramolecular Hbond substituents is 1. The van der Waals surface area contributed by atoms with Crippen molar-refractivity contribution in [1.82, 2.24) is 4.90 Å². The van der Waals surface area contributed by atoms with Crippen LogP contribution in [0, 0.1) is 5.92 Å². The second-order valence-corrected chi connectivity index (χ2v) is 6.17. The van der Waals surface area contributed by atoms with Crippen molar-refractivity contribution < 1.29 is 9.90 Å². The third-order valence-corrected chi connectivity index (χ3v) is 4.80. The smallest absolute Gasteiger partial charge is 0.137 e. The van der Waals surface area contributed by atoms with Crippen LogP contribution in [0.3, 0.4) is 0 Å². The number of nitrogens with zero attached hydrogens (tertiary/aromatic N) is 1. The fourth-order valence-electron chi connectivity index (χ4n) is 3.76. The predicted molar refractivity (Wildman–Crippen MR) is 78.5 cm³/mol. The van der Waals surface area contributed by atoms with Gasteiger partial charge in [-0.25, -0.2) is 0 Å². The Morgan fingerprint density at radius 3 is 2.65 bits per heavy atom. The average molecular weight is 273 g/mol.